The molecule has 0 spiro atoms. The number of hydrogen-bond acceptors (Lipinski definition) is 3. The quantitative estimate of drug-likeness (QED) is 0.701. The van der Waals surface area contributed by atoms with Crippen LogP contribution in [0.15, 0.2) is 0 Å². The minimum atomic E-state index is -0.236. The van der Waals surface area contributed by atoms with E-state index in [1.807, 2.05) is 6.92 Å². The van der Waals surface area contributed by atoms with E-state index in [-0.39, 0.29) is 11.8 Å². The molecule has 1 fully saturated rings. The third-order valence-corrected chi connectivity index (χ3v) is 3.19. The maximum Gasteiger partial charge on any atom is 0.221 e. The summed E-state index contributed by atoms with van der Waals surface area (Å²) in [5.74, 6) is -0.326. The molecular formula is C11H22N2O2. The van der Waals surface area contributed by atoms with Gasteiger partial charge in [0.2, 0.25) is 5.91 Å². The van der Waals surface area contributed by atoms with Crippen LogP contribution in [0.5, 0.6) is 0 Å². The zero-order chi connectivity index (χ0) is 11.3. The van der Waals surface area contributed by atoms with Gasteiger partial charge in [0.1, 0.15) is 0 Å². The van der Waals surface area contributed by atoms with Crippen LogP contribution in [0.1, 0.15) is 26.7 Å². The molecule has 1 aliphatic rings. The summed E-state index contributed by atoms with van der Waals surface area (Å²) >= 11 is 0. The largest absolute Gasteiger partial charge is 0.381 e. The fourth-order valence-corrected chi connectivity index (χ4v) is 1.73. The zero-order valence-corrected chi connectivity index (χ0v) is 9.71. The van der Waals surface area contributed by atoms with Crippen LogP contribution in [0.25, 0.3) is 0 Å². The summed E-state index contributed by atoms with van der Waals surface area (Å²) in [4.78, 5) is 10.8. The number of amides is 1. The van der Waals surface area contributed by atoms with Crippen molar-refractivity contribution in [3.8, 4) is 0 Å². The maximum absolute atomic E-state index is 10.8. The molecule has 1 atom stereocenters. The number of ether oxygens (including phenoxy) is 1. The van der Waals surface area contributed by atoms with Crippen LogP contribution >= 0.6 is 0 Å². The van der Waals surface area contributed by atoms with E-state index >= 15 is 0 Å². The lowest BCUT2D eigenvalue weighted by Gasteiger charge is -2.34. The van der Waals surface area contributed by atoms with E-state index in [1.165, 1.54) is 0 Å². The highest BCUT2D eigenvalue weighted by molar-refractivity contribution is 5.76. The van der Waals surface area contributed by atoms with E-state index in [0.29, 0.717) is 12.0 Å². The lowest BCUT2D eigenvalue weighted by molar-refractivity contribution is -0.121. The van der Waals surface area contributed by atoms with Crippen molar-refractivity contribution in [1.82, 2.24) is 5.32 Å². The molecule has 1 amide bonds. The fourth-order valence-electron chi connectivity index (χ4n) is 1.73. The van der Waals surface area contributed by atoms with Gasteiger partial charge in [-0.3, -0.25) is 4.79 Å². The lowest BCUT2D eigenvalue weighted by atomic mass is 9.82. The number of primary amides is 1. The van der Waals surface area contributed by atoms with Crippen molar-refractivity contribution in [2.24, 2.45) is 17.1 Å². The summed E-state index contributed by atoms with van der Waals surface area (Å²) in [7, 11) is 0. The average Bonchev–Trinajstić information content (AvgIpc) is 2.18. The minimum Gasteiger partial charge on any atom is -0.381 e. The first-order chi connectivity index (χ1) is 7.03. The second-order valence-electron chi connectivity index (χ2n) is 4.86. The van der Waals surface area contributed by atoms with Gasteiger partial charge in [0.05, 0.1) is 0 Å². The Kier molecular flexibility index (Phi) is 4.54. The molecule has 88 valence electrons. The van der Waals surface area contributed by atoms with E-state index in [0.717, 1.165) is 32.6 Å². The highest BCUT2D eigenvalue weighted by Crippen LogP contribution is 2.28. The van der Waals surface area contributed by atoms with E-state index in [1.54, 1.807) is 0 Å². The van der Waals surface area contributed by atoms with Crippen LogP contribution in [0.3, 0.4) is 0 Å². The molecule has 1 rings (SSSR count). The summed E-state index contributed by atoms with van der Waals surface area (Å²) in [6.07, 6.45) is 2.18. The third-order valence-electron chi connectivity index (χ3n) is 3.19. The minimum absolute atomic E-state index is 0.0894. The van der Waals surface area contributed by atoms with Gasteiger partial charge in [-0.05, 0) is 18.3 Å². The van der Waals surface area contributed by atoms with Crippen molar-refractivity contribution in [1.29, 1.82) is 0 Å². The molecule has 4 nitrogen and oxygen atoms in total. The average molecular weight is 214 g/mol. The normalized spacial score (nSPS) is 22.3. The Labute approximate surface area is 91.5 Å². The first-order valence-corrected chi connectivity index (χ1v) is 5.61. The Morgan fingerprint density at radius 3 is 2.67 bits per heavy atom. The molecule has 15 heavy (non-hydrogen) atoms. The molecular weight excluding hydrogens is 192 g/mol. The van der Waals surface area contributed by atoms with Crippen LogP contribution in [0, 0.1) is 11.3 Å². The predicted molar refractivity (Wildman–Crippen MR) is 59.4 cm³/mol. The molecule has 0 saturated carbocycles. The van der Waals surface area contributed by atoms with Crippen LogP contribution in [-0.2, 0) is 9.53 Å². The van der Waals surface area contributed by atoms with Gasteiger partial charge in [0, 0.05) is 32.2 Å². The van der Waals surface area contributed by atoms with Gasteiger partial charge in [-0.15, -0.1) is 0 Å². The second-order valence-corrected chi connectivity index (χ2v) is 4.86. The number of hydrogen-bond donors (Lipinski definition) is 2. The second kappa shape index (κ2) is 5.47. The van der Waals surface area contributed by atoms with Crippen LogP contribution in [-0.4, -0.2) is 32.2 Å². The Bertz CT molecular complexity index is 213. The number of carbonyl (C=O) groups is 1. The van der Waals surface area contributed by atoms with Crippen LogP contribution in [0.4, 0.5) is 0 Å². The highest BCUT2D eigenvalue weighted by atomic mass is 16.5. The molecule has 3 N–H and O–H groups in total. The Morgan fingerprint density at radius 2 is 2.13 bits per heavy atom. The number of rotatable bonds is 5. The summed E-state index contributed by atoms with van der Waals surface area (Å²) in [5, 5.41) is 3.32. The SMILES string of the molecule is CC(CNCC1(C)CCOCC1)C(N)=O. The van der Waals surface area contributed by atoms with Gasteiger partial charge in [0.15, 0.2) is 0 Å². The first-order valence-electron chi connectivity index (χ1n) is 5.61. The van der Waals surface area contributed by atoms with Crippen LogP contribution < -0.4 is 11.1 Å². The fraction of sp³-hybridized carbons (Fsp3) is 0.909. The molecule has 0 aromatic heterocycles. The number of carbonyl (C=O) groups excluding carboxylic acids is 1. The Hall–Kier alpha value is -0.610. The highest BCUT2D eigenvalue weighted by Gasteiger charge is 2.26. The van der Waals surface area contributed by atoms with Gasteiger partial charge in [0.25, 0.3) is 0 Å². The third kappa shape index (κ3) is 4.18. The molecule has 1 saturated heterocycles. The first kappa shape index (κ1) is 12.5. The van der Waals surface area contributed by atoms with E-state index in [2.05, 4.69) is 12.2 Å². The van der Waals surface area contributed by atoms with Crippen molar-refractivity contribution in [3.63, 3.8) is 0 Å². The maximum atomic E-state index is 10.8. The predicted octanol–water partition coefficient (Wildman–Crippen LogP) is 0.514. The summed E-state index contributed by atoms with van der Waals surface area (Å²) < 4.78 is 5.33. The van der Waals surface area contributed by atoms with Crippen molar-refractivity contribution in [2.75, 3.05) is 26.3 Å². The van der Waals surface area contributed by atoms with Gasteiger partial charge < -0.3 is 15.8 Å². The molecule has 0 aromatic carbocycles. The number of nitrogens with one attached hydrogen (secondary N) is 1. The van der Waals surface area contributed by atoms with Crippen LogP contribution in [0.2, 0.25) is 0 Å². The summed E-state index contributed by atoms with van der Waals surface area (Å²) in [6, 6.07) is 0. The zero-order valence-electron chi connectivity index (χ0n) is 9.71. The molecule has 0 aromatic rings. The van der Waals surface area contributed by atoms with E-state index in [4.69, 9.17) is 10.5 Å². The van der Waals surface area contributed by atoms with E-state index in [9.17, 15) is 4.79 Å². The number of nitrogens with two attached hydrogens (primary N) is 1. The van der Waals surface area contributed by atoms with Gasteiger partial charge in [-0.25, -0.2) is 0 Å². The molecule has 0 bridgehead atoms. The summed E-state index contributed by atoms with van der Waals surface area (Å²) in [5.41, 5.74) is 5.50. The molecule has 0 aliphatic carbocycles. The molecule has 1 unspecified atom stereocenters. The summed E-state index contributed by atoms with van der Waals surface area (Å²) in [6.45, 7) is 7.42. The Balaban J connectivity index is 2.21. The smallest absolute Gasteiger partial charge is 0.221 e. The molecule has 1 aliphatic heterocycles. The van der Waals surface area contributed by atoms with Gasteiger partial charge >= 0.3 is 0 Å². The topological polar surface area (TPSA) is 64.3 Å². The molecule has 4 heteroatoms. The lowest BCUT2D eigenvalue weighted by Crippen LogP contribution is -2.40. The monoisotopic (exact) mass is 214 g/mol. The van der Waals surface area contributed by atoms with Crippen molar-refractivity contribution < 1.29 is 9.53 Å². The van der Waals surface area contributed by atoms with Gasteiger partial charge in [-0.1, -0.05) is 13.8 Å². The van der Waals surface area contributed by atoms with E-state index < -0.39 is 0 Å². The Morgan fingerprint density at radius 1 is 1.53 bits per heavy atom. The standard InChI is InChI=1S/C11H22N2O2/c1-9(10(12)14)7-13-8-11(2)3-5-15-6-4-11/h9,13H,3-8H2,1-2H3,(H2,12,14). The van der Waals surface area contributed by atoms with Crippen molar-refractivity contribution >= 4 is 5.91 Å². The van der Waals surface area contributed by atoms with Crippen molar-refractivity contribution in [3.05, 3.63) is 0 Å². The molecule has 0 radical (unpaired) electrons. The molecule has 1 heterocycles. The van der Waals surface area contributed by atoms with Crippen molar-refractivity contribution in [2.45, 2.75) is 26.7 Å². The van der Waals surface area contributed by atoms with Gasteiger partial charge in [-0.2, -0.15) is 0 Å².